The molecule has 0 amide bonds. The maximum atomic E-state index is 12.4. The van der Waals surface area contributed by atoms with Crippen LogP contribution in [0.1, 0.15) is 34.1 Å². The summed E-state index contributed by atoms with van der Waals surface area (Å²) in [5.41, 5.74) is 0.0568. The molecule has 1 unspecified atom stereocenters. The van der Waals surface area contributed by atoms with Gasteiger partial charge in [0.25, 0.3) is 0 Å². The molecule has 0 saturated carbocycles. The molecule has 9 nitrogen and oxygen atoms in total. The van der Waals surface area contributed by atoms with Gasteiger partial charge in [0.05, 0.1) is 23.3 Å². The number of carbonyl (C=O) groups excluding carboxylic acids is 3. The molecule has 1 atom stereocenters. The second kappa shape index (κ2) is 11.9. The van der Waals surface area contributed by atoms with E-state index in [1.165, 1.54) is 61.5 Å². The fraction of sp³-hybridized carbons (Fsp3) is 0.208. The van der Waals surface area contributed by atoms with Gasteiger partial charge in [-0.05, 0) is 43.3 Å². The first-order valence-corrected chi connectivity index (χ1v) is 9.89. The van der Waals surface area contributed by atoms with Crippen LogP contribution >= 0.6 is 0 Å². The summed E-state index contributed by atoms with van der Waals surface area (Å²) < 4.78 is 15.6. The van der Waals surface area contributed by atoms with Gasteiger partial charge in [0.15, 0.2) is 0 Å². The summed E-state index contributed by atoms with van der Waals surface area (Å²) in [5.74, 6) is -3.06. The van der Waals surface area contributed by atoms with Crippen molar-refractivity contribution in [3.05, 3.63) is 83.6 Å². The summed E-state index contributed by atoms with van der Waals surface area (Å²) in [6.45, 7) is 4.22. The molecule has 2 aromatic carbocycles. The minimum atomic E-state index is -1.000. The molecule has 0 bridgehead atoms. The van der Waals surface area contributed by atoms with E-state index >= 15 is 0 Å². The number of hydrogen-bond acceptors (Lipinski definition) is 9. The number of aliphatic hydroxyl groups excluding tert-OH is 1. The van der Waals surface area contributed by atoms with E-state index in [1.54, 1.807) is 0 Å². The molecule has 9 heteroatoms. The van der Waals surface area contributed by atoms with Gasteiger partial charge in [-0.1, -0.05) is 24.8 Å². The lowest BCUT2D eigenvalue weighted by molar-refractivity contribution is -0.139. The Morgan fingerprint density at radius 3 is 2.06 bits per heavy atom. The zero-order valence-electron chi connectivity index (χ0n) is 17.9. The van der Waals surface area contributed by atoms with Crippen molar-refractivity contribution in [3.8, 4) is 11.5 Å². The number of carbonyl (C=O) groups is 3. The third-order valence-electron chi connectivity index (χ3n) is 4.33. The third-order valence-corrected chi connectivity index (χ3v) is 4.33. The predicted octanol–water partition coefficient (Wildman–Crippen LogP) is 3.43. The van der Waals surface area contributed by atoms with Crippen LogP contribution in [0.2, 0.25) is 0 Å². The van der Waals surface area contributed by atoms with Crippen LogP contribution < -0.4 is 0 Å². The first-order valence-electron chi connectivity index (χ1n) is 9.89. The van der Waals surface area contributed by atoms with Crippen LogP contribution in [0.4, 0.5) is 0 Å². The summed E-state index contributed by atoms with van der Waals surface area (Å²) in [4.78, 5) is 36.7. The second-order valence-corrected chi connectivity index (χ2v) is 6.80. The van der Waals surface area contributed by atoms with Crippen molar-refractivity contribution in [1.29, 1.82) is 0 Å². The van der Waals surface area contributed by atoms with Gasteiger partial charge in [-0.2, -0.15) is 0 Å². The van der Waals surface area contributed by atoms with Gasteiger partial charge in [-0.25, -0.2) is 14.4 Å². The van der Waals surface area contributed by atoms with Crippen LogP contribution in [-0.2, 0) is 19.0 Å². The Hall–Kier alpha value is -4.27. The van der Waals surface area contributed by atoms with Crippen molar-refractivity contribution in [1.82, 2.24) is 0 Å². The SMILES string of the molecule is C=C(O)/C(=C\C)C(=O)OCCC(COC(=O)c1cccc(O)c1)OC(=O)c1cccc(O)c1. The van der Waals surface area contributed by atoms with E-state index in [4.69, 9.17) is 14.2 Å². The summed E-state index contributed by atoms with van der Waals surface area (Å²) in [7, 11) is 0. The maximum absolute atomic E-state index is 12.4. The summed E-state index contributed by atoms with van der Waals surface area (Å²) in [5, 5.41) is 28.5. The molecule has 33 heavy (non-hydrogen) atoms. The largest absolute Gasteiger partial charge is 0.508 e. The molecule has 0 aromatic heterocycles. The van der Waals surface area contributed by atoms with E-state index in [9.17, 15) is 29.7 Å². The fourth-order valence-corrected chi connectivity index (χ4v) is 2.68. The monoisotopic (exact) mass is 456 g/mol. The quantitative estimate of drug-likeness (QED) is 0.161. The predicted molar refractivity (Wildman–Crippen MR) is 117 cm³/mol. The highest BCUT2D eigenvalue weighted by Crippen LogP contribution is 2.16. The first-order chi connectivity index (χ1) is 15.7. The average molecular weight is 456 g/mol. The van der Waals surface area contributed by atoms with Gasteiger partial charge in [-0.3, -0.25) is 0 Å². The molecule has 3 N–H and O–H groups in total. The van der Waals surface area contributed by atoms with Crippen molar-refractivity contribution in [2.45, 2.75) is 19.4 Å². The minimum absolute atomic E-state index is 0.0293. The van der Waals surface area contributed by atoms with Crippen LogP contribution in [0.25, 0.3) is 0 Å². The number of aliphatic hydroxyl groups is 1. The summed E-state index contributed by atoms with van der Waals surface area (Å²) in [6, 6.07) is 11.0. The molecule has 0 heterocycles. The summed E-state index contributed by atoms with van der Waals surface area (Å²) >= 11 is 0. The highest BCUT2D eigenvalue weighted by Gasteiger charge is 2.21. The second-order valence-electron chi connectivity index (χ2n) is 6.80. The maximum Gasteiger partial charge on any atom is 0.341 e. The zero-order valence-corrected chi connectivity index (χ0v) is 17.9. The normalized spacial score (nSPS) is 11.8. The fourth-order valence-electron chi connectivity index (χ4n) is 2.68. The van der Waals surface area contributed by atoms with Crippen molar-refractivity contribution in [2.75, 3.05) is 13.2 Å². The Bertz CT molecular complexity index is 1060. The molecular formula is C24H24O9. The number of ether oxygens (including phenoxy) is 3. The van der Waals surface area contributed by atoms with Crippen molar-refractivity contribution in [2.24, 2.45) is 0 Å². The molecule has 0 fully saturated rings. The molecular weight excluding hydrogens is 432 g/mol. The Balaban J connectivity index is 2.05. The van der Waals surface area contributed by atoms with E-state index < -0.39 is 29.8 Å². The molecule has 0 radical (unpaired) electrons. The lowest BCUT2D eigenvalue weighted by atomic mass is 10.2. The van der Waals surface area contributed by atoms with E-state index in [0.29, 0.717) is 0 Å². The van der Waals surface area contributed by atoms with Crippen LogP contribution in [0, 0.1) is 0 Å². The molecule has 174 valence electrons. The molecule has 0 aliphatic rings. The topological polar surface area (TPSA) is 140 Å². The van der Waals surface area contributed by atoms with Gasteiger partial charge < -0.3 is 29.5 Å². The number of esters is 3. The van der Waals surface area contributed by atoms with Crippen LogP contribution in [-0.4, -0.2) is 52.5 Å². The van der Waals surface area contributed by atoms with E-state index in [1.807, 2.05) is 0 Å². The van der Waals surface area contributed by atoms with E-state index in [0.717, 1.165) is 0 Å². The highest BCUT2D eigenvalue weighted by molar-refractivity contribution is 5.92. The lowest BCUT2D eigenvalue weighted by Gasteiger charge is -2.18. The Kier molecular flexibility index (Phi) is 9.05. The Labute approximate surface area is 190 Å². The van der Waals surface area contributed by atoms with Gasteiger partial charge >= 0.3 is 17.9 Å². The smallest absolute Gasteiger partial charge is 0.341 e. The number of rotatable bonds is 10. The van der Waals surface area contributed by atoms with Gasteiger partial charge in [0.1, 0.15) is 30.0 Å². The number of aromatic hydroxyl groups is 2. The Morgan fingerprint density at radius 1 is 0.970 bits per heavy atom. The summed E-state index contributed by atoms with van der Waals surface area (Å²) in [6.07, 6.45) is 0.305. The average Bonchev–Trinajstić information content (AvgIpc) is 2.77. The minimum Gasteiger partial charge on any atom is -0.508 e. The number of benzene rings is 2. The molecule has 2 aromatic rings. The van der Waals surface area contributed by atoms with Gasteiger partial charge in [0.2, 0.25) is 0 Å². The highest BCUT2D eigenvalue weighted by atomic mass is 16.6. The zero-order chi connectivity index (χ0) is 24.4. The van der Waals surface area contributed by atoms with Crippen molar-refractivity contribution >= 4 is 17.9 Å². The van der Waals surface area contributed by atoms with Crippen LogP contribution in [0.15, 0.2) is 72.5 Å². The number of phenolic OH excluding ortho intramolecular Hbond substituents is 2. The third kappa shape index (κ3) is 7.73. The Morgan fingerprint density at radius 2 is 1.55 bits per heavy atom. The molecule has 0 aliphatic heterocycles. The van der Waals surface area contributed by atoms with Crippen LogP contribution in [0.5, 0.6) is 11.5 Å². The van der Waals surface area contributed by atoms with Crippen molar-refractivity contribution in [3.63, 3.8) is 0 Å². The number of allylic oxidation sites excluding steroid dienone is 1. The van der Waals surface area contributed by atoms with Crippen molar-refractivity contribution < 1.29 is 43.9 Å². The molecule has 0 saturated heterocycles. The van der Waals surface area contributed by atoms with Gasteiger partial charge in [-0.15, -0.1) is 0 Å². The first kappa shape index (κ1) is 25.0. The van der Waals surface area contributed by atoms with E-state index in [2.05, 4.69) is 6.58 Å². The van der Waals surface area contributed by atoms with Gasteiger partial charge in [0, 0.05) is 6.42 Å². The molecule has 0 aliphatic carbocycles. The van der Waals surface area contributed by atoms with E-state index in [-0.39, 0.29) is 47.8 Å². The lowest BCUT2D eigenvalue weighted by Crippen LogP contribution is -2.27. The standard InChI is InChI=1S/C24H24O9/c1-3-21(15(2)25)24(30)31-11-10-20(33-23(29)17-7-5-9-19(27)13-17)14-32-22(28)16-6-4-8-18(26)12-16/h3-9,12-13,20,25-27H,2,10-11,14H2,1H3/b21-3+. The molecule has 2 rings (SSSR count). The number of hydrogen-bond donors (Lipinski definition) is 3. The molecule has 0 spiro atoms. The van der Waals surface area contributed by atoms with Crippen LogP contribution in [0.3, 0.4) is 0 Å². The number of phenols is 2.